The highest BCUT2D eigenvalue weighted by molar-refractivity contribution is 5.82. The molecule has 116 valence electrons. The summed E-state index contributed by atoms with van der Waals surface area (Å²) in [5.41, 5.74) is 7.47. The van der Waals surface area contributed by atoms with E-state index in [1.165, 1.54) is 19.3 Å². The molecule has 0 aromatic heterocycles. The highest BCUT2D eigenvalue weighted by Crippen LogP contribution is 2.38. The van der Waals surface area contributed by atoms with E-state index in [0.717, 1.165) is 24.1 Å². The fourth-order valence-electron chi connectivity index (χ4n) is 3.20. The van der Waals surface area contributed by atoms with Gasteiger partial charge >= 0.3 is 0 Å². The van der Waals surface area contributed by atoms with Crippen LogP contribution in [0.4, 0.5) is 5.69 Å². The maximum Gasteiger partial charge on any atom is 0.229 e. The summed E-state index contributed by atoms with van der Waals surface area (Å²) in [6, 6.07) is 8.05. The first-order chi connectivity index (χ1) is 9.92. The van der Waals surface area contributed by atoms with Gasteiger partial charge in [-0.15, -0.1) is 0 Å². The van der Waals surface area contributed by atoms with Crippen LogP contribution in [0.5, 0.6) is 0 Å². The lowest BCUT2D eigenvalue weighted by Gasteiger charge is -2.39. The topological polar surface area (TPSA) is 46.3 Å². The Labute approximate surface area is 128 Å². The molecule has 3 heteroatoms. The zero-order valence-electron chi connectivity index (χ0n) is 13.6. The summed E-state index contributed by atoms with van der Waals surface area (Å²) in [4.78, 5) is 15.1. The molecular formula is C18H28N2O. The summed E-state index contributed by atoms with van der Waals surface area (Å²) < 4.78 is 0. The molecule has 0 heterocycles. The Morgan fingerprint density at radius 3 is 2.29 bits per heavy atom. The molecule has 0 aliphatic heterocycles. The van der Waals surface area contributed by atoms with E-state index in [4.69, 9.17) is 5.73 Å². The van der Waals surface area contributed by atoms with Crippen molar-refractivity contribution in [3.05, 3.63) is 29.8 Å². The molecule has 1 aliphatic carbocycles. The van der Waals surface area contributed by atoms with Crippen LogP contribution in [0.1, 0.15) is 58.4 Å². The number of nitrogens with two attached hydrogens (primary N) is 1. The Bertz CT molecular complexity index is 472. The van der Waals surface area contributed by atoms with Crippen LogP contribution < -0.4 is 5.73 Å². The van der Waals surface area contributed by atoms with Gasteiger partial charge in [-0.05, 0) is 44.4 Å². The number of carbonyl (C=O) groups excluding carboxylic acids is 1. The van der Waals surface area contributed by atoms with Crippen LogP contribution in [-0.2, 0) is 11.3 Å². The predicted molar refractivity (Wildman–Crippen MR) is 87.7 cm³/mol. The number of rotatable bonds is 4. The smallest absolute Gasteiger partial charge is 0.229 e. The van der Waals surface area contributed by atoms with Gasteiger partial charge in [0.15, 0.2) is 0 Å². The second kappa shape index (κ2) is 6.50. The van der Waals surface area contributed by atoms with Crippen molar-refractivity contribution in [3.63, 3.8) is 0 Å². The fraction of sp³-hybridized carbons (Fsp3) is 0.611. The number of carbonyl (C=O) groups is 1. The van der Waals surface area contributed by atoms with Crippen LogP contribution in [0, 0.1) is 5.41 Å². The van der Waals surface area contributed by atoms with Gasteiger partial charge in [-0.2, -0.15) is 0 Å². The van der Waals surface area contributed by atoms with Crippen molar-refractivity contribution in [2.45, 2.75) is 65.5 Å². The predicted octanol–water partition coefficient (Wildman–Crippen LogP) is 3.98. The molecule has 1 aliphatic rings. The maximum atomic E-state index is 13.0. The van der Waals surface area contributed by atoms with Gasteiger partial charge in [0.2, 0.25) is 5.91 Å². The highest BCUT2D eigenvalue weighted by atomic mass is 16.2. The monoisotopic (exact) mass is 288 g/mol. The van der Waals surface area contributed by atoms with Gasteiger partial charge in [0, 0.05) is 23.7 Å². The van der Waals surface area contributed by atoms with E-state index in [9.17, 15) is 4.79 Å². The molecule has 2 rings (SSSR count). The molecule has 0 radical (unpaired) electrons. The summed E-state index contributed by atoms with van der Waals surface area (Å²) in [7, 11) is 0. The van der Waals surface area contributed by atoms with Gasteiger partial charge in [0.1, 0.15) is 0 Å². The molecule has 1 fully saturated rings. The minimum Gasteiger partial charge on any atom is -0.399 e. The van der Waals surface area contributed by atoms with Gasteiger partial charge in [-0.25, -0.2) is 0 Å². The van der Waals surface area contributed by atoms with E-state index < -0.39 is 0 Å². The van der Waals surface area contributed by atoms with Gasteiger partial charge in [-0.1, -0.05) is 38.3 Å². The van der Waals surface area contributed by atoms with E-state index in [0.29, 0.717) is 12.5 Å². The molecule has 3 nitrogen and oxygen atoms in total. The number of benzene rings is 1. The van der Waals surface area contributed by atoms with Gasteiger partial charge in [0.25, 0.3) is 0 Å². The van der Waals surface area contributed by atoms with Crippen LogP contribution in [0.25, 0.3) is 0 Å². The molecule has 2 N–H and O–H groups in total. The second-order valence-electron chi connectivity index (χ2n) is 6.89. The quantitative estimate of drug-likeness (QED) is 0.852. The summed E-state index contributed by atoms with van der Waals surface area (Å²) >= 11 is 0. The molecule has 0 spiro atoms. The Balaban J connectivity index is 2.14. The Hall–Kier alpha value is -1.51. The molecule has 21 heavy (non-hydrogen) atoms. The normalized spacial score (nSPS) is 17.7. The van der Waals surface area contributed by atoms with Gasteiger partial charge < -0.3 is 10.6 Å². The Morgan fingerprint density at radius 2 is 1.76 bits per heavy atom. The van der Waals surface area contributed by atoms with Gasteiger partial charge in [-0.3, -0.25) is 4.79 Å². The lowest BCUT2D eigenvalue weighted by atomic mass is 9.74. The summed E-state index contributed by atoms with van der Waals surface area (Å²) in [6.45, 7) is 7.02. The van der Waals surface area contributed by atoms with Crippen molar-refractivity contribution in [1.82, 2.24) is 4.90 Å². The molecule has 0 atom stereocenters. The van der Waals surface area contributed by atoms with Crippen molar-refractivity contribution in [1.29, 1.82) is 0 Å². The van der Waals surface area contributed by atoms with Crippen molar-refractivity contribution in [2.24, 2.45) is 5.41 Å². The van der Waals surface area contributed by atoms with E-state index in [-0.39, 0.29) is 11.5 Å². The molecule has 1 saturated carbocycles. The van der Waals surface area contributed by atoms with Crippen molar-refractivity contribution >= 4 is 11.6 Å². The van der Waals surface area contributed by atoms with Crippen LogP contribution in [0.2, 0.25) is 0 Å². The first-order valence-electron chi connectivity index (χ1n) is 8.08. The molecule has 1 aromatic rings. The molecule has 0 unspecified atom stereocenters. The molecule has 1 amide bonds. The van der Waals surface area contributed by atoms with E-state index >= 15 is 0 Å². The minimum absolute atomic E-state index is 0.170. The molecule has 0 saturated heterocycles. The number of anilines is 1. The van der Waals surface area contributed by atoms with Crippen molar-refractivity contribution < 1.29 is 4.79 Å². The zero-order chi connectivity index (χ0) is 15.5. The largest absolute Gasteiger partial charge is 0.399 e. The number of nitrogens with zero attached hydrogens (tertiary/aromatic N) is 1. The Kier molecular flexibility index (Phi) is 4.92. The number of hydrogen-bond donors (Lipinski definition) is 1. The molecule has 0 bridgehead atoms. The van der Waals surface area contributed by atoms with E-state index in [2.05, 4.69) is 20.8 Å². The average molecular weight is 288 g/mol. The van der Waals surface area contributed by atoms with Crippen LogP contribution >= 0.6 is 0 Å². The Morgan fingerprint density at radius 1 is 1.19 bits per heavy atom. The van der Waals surface area contributed by atoms with Crippen molar-refractivity contribution in [3.8, 4) is 0 Å². The lowest BCUT2D eigenvalue weighted by Crippen LogP contribution is -2.46. The van der Waals surface area contributed by atoms with Gasteiger partial charge in [0.05, 0.1) is 0 Å². The maximum absolute atomic E-state index is 13.0. The average Bonchev–Trinajstić information content (AvgIpc) is 2.46. The van der Waals surface area contributed by atoms with E-state index in [1.54, 1.807) is 0 Å². The third-order valence-electron chi connectivity index (χ3n) is 4.69. The molecular weight excluding hydrogens is 260 g/mol. The SMILES string of the molecule is CC(C)N(Cc1ccc(N)cc1)C(=O)C1(C)CCCCC1. The van der Waals surface area contributed by atoms with Crippen molar-refractivity contribution in [2.75, 3.05) is 5.73 Å². The standard InChI is InChI=1S/C18H28N2O/c1-14(2)20(13-15-7-9-16(19)10-8-15)17(21)18(3)11-5-4-6-12-18/h7-10,14H,4-6,11-13,19H2,1-3H3. The summed E-state index contributed by atoms with van der Waals surface area (Å²) in [5, 5.41) is 0. The highest BCUT2D eigenvalue weighted by Gasteiger charge is 2.38. The fourth-order valence-corrected chi connectivity index (χ4v) is 3.20. The third kappa shape index (κ3) is 3.78. The van der Waals surface area contributed by atoms with Crippen LogP contribution in [-0.4, -0.2) is 16.8 Å². The number of amides is 1. The minimum atomic E-state index is -0.170. The summed E-state index contributed by atoms with van der Waals surface area (Å²) in [5.74, 6) is 0.314. The van der Waals surface area contributed by atoms with E-state index in [1.807, 2.05) is 29.2 Å². The summed E-state index contributed by atoms with van der Waals surface area (Å²) in [6.07, 6.45) is 5.67. The number of hydrogen-bond acceptors (Lipinski definition) is 2. The first-order valence-corrected chi connectivity index (χ1v) is 8.08. The number of nitrogen functional groups attached to an aromatic ring is 1. The zero-order valence-corrected chi connectivity index (χ0v) is 13.6. The lowest BCUT2D eigenvalue weighted by molar-refractivity contribution is -0.145. The van der Waals surface area contributed by atoms with Crippen LogP contribution in [0.3, 0.4) is 0 Å². The molecule has 1 aromatic carbocycles. The second-order valence-corrected chi connectivity index (χ2v) is 6.89. The third-order valence-corrected chi connectivity index (χ3v) is 4.69. The first kappa shape index (κ1) is 15.9. The van der Waals surface area contributed by atoms with Crippen LogP contribution in [0.15, 0.2) is 24.3 Å².